The molecule has 0 atom stereocenters. The lowest BCUT2D eigenvalue weighted by Gasteiger charge is -2.12. The Hall–Kier alpha value is -2.13. The number of nitrogens with zero attached hydrogens (tertiary/aromatic N) is 1. The quantitative estimate of drug-likeness (QED) is 0.774. The predicted molar refractivity (Wildman–Crippen MR) is 76.1 cm³/mol. The molecule has 0 fully saturated rings. The molecule has 0 saturated carbocycles. The van der Waals surface area contributed by atoms with E-state index in [-0.39, 0.29) is 16.6 Å². The molecule has 0 N–H and O–H groups in total. The summed E-state index contributed by atoms with van der Waals surface area (Å²) in [5.41, 5.74) is 0.217. The average molecular weight is 354 g/mol. The van der Waals surface area contributed by atoms with Crippen molar-refractivity contribution in [1.29, 1.82) is 5.26 Å². The second-order valence-electron chi connectivity index (χ2n) is 4.09. The molecule has 0 aliphatic rings. The van der Waals surface area contributed by atoms with E-state index in [2.05, 4.69) is 15.9 Å². The van der Waals surface area contributed by atoms with Crippen molar-refractivity contribution in [3.05, 3.63) is 57.6 Å². The van der Waals surface area contributed by atoms with Crippen LogP contribution in [0.2, 0.25) is 0 Å². The largest absolute Gasteiger partial charge is 0.493 e. The zero-order valence-electron chi connectivity index (χ0n) is 11.0. The number of hydrogen-bond donors (Lipinski definition) is 0. The van der Waals surface area contributed by atoms with Crippen LogP contribution >= 0.6 is 15.9 Å². The number of nitriles is 1. The lowest BCUT2D eigenvalue weighted by molar-refractivity contribution is 0.274. The van der Waals surface area contributed by atoms with E-state index in [0.29, 0.717) is 17.1 Å². The van der Waals surface area contributed by atoms with Crippen molar-refractivity contribution in [3.63, 3.8) is 0 Å². The van der Waals surface area contributed by atoms with Crippen molar-refractivity contribution in [2.24, 2.45) is 0 Å². The molecule has 0 spiro atoms. The fraction of sp³-hybridized carbons (Fsp3) is 0.133. The van der Waals surface area contributed by atoms with Gasteiger partial charge in [-0.3, -0.25) is 0 Å². The normalized spacial score (nSPS) is 10.0. The van der Waals surface area contributed by atoms with Crippen LogP contribution in [0.3, 0.4) is 0 Å². The first-order chi connectivity index (χ1) is 10.1. The maximum atomic E-state index is 13.8. The van der Waals surface area contributed by atoms with Gasteiger partial charge >= 0.3 is 0 Å². The maximum absolute atomic E-state index is 13.8. The van der Waals surface area contributed by atoms with Gasteiger partial charge in [0.25, 0.3) is 0 Å². The summed E-state index contributed by atoms with van der Waals surface area (Å²) < 4.78 is 38.1. The van der Waals surface area contributed by atoms with Crippen molar-refractivity contribution in [3.8, 4) is 17.6 Å². The Balaban J connectivity index is 2.25. The molecule has 0 unspecified atom stereocenters. The number of benzene rings is 2. The van der Waals surface area contributed by atoms with Gasteiger partial charge in [0, 0.05) is 6.07 Å². The summed E-state index contributed by atoms with van der Waals surface area (Å²) in [4.78, 5) is 0. The topological polar surface area (TPSA) is 42.2 Å². The van der Waals surface area contributed by atoms with E-state index in [0.717, 1.165) is 6.07 Å². The molecule has 6 heteroatoms. The highest BCUT2D eigenvalue weighted by molar-refractivity contribution is 9.10. The van der Waals surface area contributed by atoms with Gasteiger partial charge in [-0.15, -0.1) is 0 Å². The molecule has 0 saturated heterocycles. The van der Waals surface area contributed by atoms with Gasteiger partial charge in [-0.25, -0.2) is 8.78 Å². The van der Waals surface area contributed by atoms with Gasteiger partial charge in [0.2, 0.25) is 0 Å². The number of methoxy groups -OCH3 is 1. The van der Waals surface area contributed by atoms with E-state index in [1.54, 1.807) is 0 Å². The summed E-state index contributed by atoms with van der Waals surface area (Å²) in [6, 6.07) is 8.95. The molecule has 0 radical (unpaired) electrons. The van der Waals surface area contributed by atoms with Gasteiger partial charge in [-0.05, 0) is 40.2 Å². The first kappa shape index (κ1) is 15.3. The van der Waals surface area contributed by atoms with Gasteiger partial charge in [-0.2, -0.15) is 5.26 Å². The average Bonchev–Trinajstić information content (AvgIpc) is 2.51. The van der Waals surface area contributed by atoms with Crippen molar-refractivity contribution < 1.29 is 18.3 Å². The molecular weight excluding hydrogens is 344 g/mol. The third kappa shape index (κ3) is 3.31. The summed E-state index contributed by atoms with van der Waals surface area (Å²) in [6.45, 7) is -0.292. The number of halogens is 3. The Bertz CT molecular complexity index is 714. The van der Waals surface area contributed by atoms with Crippen LogP contribution in [0.15, 0.2) is 34.8 Å². The lowest BCUT2D eigenvalue weighted by Crippen LogP contribution is -2.03. The Morgan fingerprint density at radius 3 is 2.62 bits per heavy atom. The van der Waals surface area contributed by atoms with Crippen LogP contribution in [-0.4, -0.2) is 7.11 Å². The molecule has 3 nitrogen and oxygen atoms in total. The summed E-state index contributed by atoms with van der Waals surface area (Å²) in [5, 5.41) is 8.81. The predicted octanol–water partition coefficient (Wildman–Crippen LogP) is 4.19. The maximum Gasteiger partial charge on any atom is 0.162 e. The minimum absolute atomic E-state index is 0.161. The molecule has 0 aromatic heterocycles. The number of ether oxygens (including phenoxy) is 2. The Labute approximate surface area is 128 Å². The van der Waals surface area contributed by atoms with E-state index >= 15 is 0 Å². The van der Waals surface area contributed by atoms with E-state index in [4.69, 9.17) is 14.7 Å². The number of hydrogen-bond acceptors (Lipinski definition) is 3. The van der Waals surface area contributed by atoms with Crippen LogP contribution in [-0.2, 0) is 6.61 Å². The van der Waals surface area contributed by atoms with Gasteiger partial charge < -0.3 is 9.47 Å². The van der Waals surface area contributed by atoms with Crippen LogP contribution in [0.25, 0.3) is 0 Å². The molecule has 2 aromatic rings. The van der Waals surface area contributed by atoms with Gasteiger partial charge in [0.1, 0.15) is 18.2 Å². The molecule has 0 amide bonds. The van der Waals surface area contributed by atoms with E-state index in [1.807, 2.05) is 6.07 Å². The first-order valence-electron chi connectivity index (χ1n) is 5.90. The second kappa shape index (κ2) is 6.55. The first-order valence-corrected chi connectivity index (χ1v) is 6.69. The molecule has 0 aliphatic heterocycles. The standard InChI is InChI=1S/C15H10BrF2NO2/c1-20-14-6-9(7-19)2-5-13(14)21-8-10-12(17)4-3-11(16)15(10)18/h2-6H,8H2,1H3. The van der Waals surface area contributed by atoms with Gasteiger partial charge in [0.05, 0.1) is 28.8 Å². The van der Waals surface area contributed by atoms with Crippen molar-refractivity contribution in [1.82, 2.24) is 0 Å². The fourth-order valence-electron chi connectivity index (χ4n) is 1.71. The van der Waals surface area contributed by atoms with Crippen LogP contribution in [0.1, 0.15) is 11.1 Å². The Morgan fingerprint density at radius 1 is 1.19 bits per heavy atom. The van der Waals surface area contributed by atoms with Crippen molar-refractivity contribution in [2.45, 2.75) is 6.61 Å². The Morgan fingerprint density at radius 2 is 1.95 bits per heavy atom. The van der Waals surface area contributed by atoms with Crippen LogP contribution in [0.4, 0.5) is 8.78 Å². The zero-order chi connectivity index (χ0) is 15.4. The molecular formula is C15H10BrF2NO2. The van der Waals surface area contributed by atoms with Gasteiger partial charge in [-0.1, -0.05) is 0 Å². The van der Waals surface area contributed by atoms with E-state index < -0.39 is 11.6 Å². The molecule has 2 aromatic carbocycles. The second-order valence-corrected chi connectivity index (χ2v) is 4.94. The van der Waals surface area contributed by atoms with Crippen LogP contribution < -0.4 is 9.47 Å². The lowest BCUT2D eigenvalue weighted by atomic mass is 10.2. The van der Waals surface area contributed by atoms with E-state index in [1.165, 1.54) is 31.4 Å². The molecule has 0 aliphatic carbocycles. The van der Waals surface area contributed by atoms with Crippen molar-refractivity contribution >= 4 is 15.9 Å². The smallest absolute Gasteiger partial charge is 0.162 e. The van der Waals surface area contributed by atoms with E-state index in [9.17, 15) is 8.78 Å². The summed E-state index contributed by atoms with van der Waals surface area (Å²) >= 11 is 3.00. The fourth-order valence-corrected chi connectivity index (χ4v) is 2.08. The highest BCUT2D eigenvalue weighted by atomic mass is 79.9. The Kier molecular flexibility index (Phi) is 4.76. The third-order valence-corrected chi connectivity index (χ3v) is 3.42. The summed E-state index contributed by atoms with van der Waals surface area (Å²) in [7, 11) is 1.42. The minimum Gasteiger partial charge on any atom is -0.493 e. The van der Waals surface area contributed by atoms with Crippen LogP contribution in [0, 0.1) is 23.0 Å². The van der Waals surface area contributed by atoms with Crippen LogP contribution in [0.5, 0.6) is 11.5 Å². The summed E-state index contributed by atoms with van der Waals surface area (Å²) in [6.07, 6.45) is 0. The third-order valence-electron chi connectivity index (χ3n) is 2.80. The van der Waals surface area contributed by atoms with Gasteiger partial charge in [0.15, 0.2) is 11.5 Å². The highest BCUT2D eigenvalue weighted by Crippen LogP contribution is 2.30. The molecule has 0 bridgehead atoms. The molecule has 0 heterocycles. The molecule has 108 valence electrons. The monoisotopic (exact) mass is 353 g/mol. The molecule has 2 rings (SSSR count). The summed E-state index contributed by atoms with van der Waals surface area (Å²) in [5.74, 6) is -0.772. The minimum atomic E-state index is -0.706. The zero-order valence-corrected chi connectivity index (χ0v) is 12.6. The highest BCUT2D eigenvalue weighted by Gasteiger charge is 2.14. The molecule has 21 heavy (non-hydrogen) atoms. The SMILES string of the molecule is COc1cc(C#N)ccc1OCc1c(F)ccc(Br)c1F. The van der Waals surface area contributed by atoms with Crippen molar-refractivity contribution in [2.75, 3.05) is 7.11 Å². The number of rotatable bonds is 4.